The maximum absolute atomic E-state index is 10.9. The monoisotopic (exact) mass is 232 g/mol. The highest BCUT2D eigenvalue weighted by molar-refractivity contribution is 6.41. The van der Waals surface area contributed by atoms with Crippen molar-refractivity contribution in [2.45, 2.75) is 6.04 Å². The molecule has 1 unspecified atom stereocenters. The molecule has 0 saturated heterocycles. The molecule has 0 aromatic rings. The second kappa shape index (κ2) is 6.03. The van der Waals surface area contributed by atoms with Gasteiger partial charge in [-0.25, -0.2) is 15.2 Å². The minimum atomic E-state index is -1.39. The Morgan fingerprint density at radius 1 is 1.19 bits per heavy atom. The van der Waals surface area contributed by atoms with Gasteiger partial charge < -0.3 is 15.2 Å². The third kappa shape index (κ3) is 4.71. The fraction of sp³-hybridized carbons (Fsp3) is 0.625. The summed E-state index contributed by atoms with van der Waals surface area (Å²) in [6.07, 6.45) is 0. The second-order valence-corrected chi connectivity index (χ2v) is 3.43. The van der Waals surface area contributed by atoms with Gasteiger partial charge in [-0.05, 0) is 0 Å². The average molecular weight is 232 g/mol. The van der Waals surface area contributed by atoms with Gasteiger partial charge in [-0.3, -0.25) is 4.79 Å². The molecule has 1 atom stereocenters. The van der Waals surface area contributed by atoms with Crippen LogP contribution in [0.3, 0.4) is 0 Å². The number of hydrogen-bond donors (Lipinski definition) is 3. The number of hydrogen-bond acceptors (Lipinski definition) is 6. The van der Waals surface area contributed by atoms with Crippen LogP contribution in [0.2, 0.25) is 0 Å². The number of carbonyl (C=O) groups is 2. The maximum Gasteiger partial charge on any atom is 0.354 e. The van der Waals surface area contributed by atoms with E-state index in [1.165, 1.54) is 24.1 Å². The predicted octanol–water partition coefficient (Wildman–Crippen LogP) is -1.49. The first kappa shape index (κ1) is 14.3. The molecule has 0 saturated carbocycles. The summed E-state index contributed by atoms with van der Waals surface area (Å²) in [5.41, 5.74) is 1.98. The first-order valence-electron chi connectivity index (χ1n) is 4.41. The fourth-order valence-electron chi connectivity index (χ4n) is 0.931. The van der Waals surface area contributed by atoms with Crippen molar-refractivity contribution >= 4 is 17.7 Å². The lowest BCUT2D eigenvalue weighted by molar-refractivity contribution is -0.140. The van der Waals surface area contributed by atoms with Crippen LogP contribution in [-0.2, 0) is 9.59 Å². The van der Waals surface area contributed by atoms with Crippen LogP contribution in [0, 0.1) is 0 Å². The van der Waals surface area contributed by atoms with Crippen molar-refractivity contribution in [1.82, 2.24) is 15.4 Å². The zero-order chi connectivity index (χ0) is 12.9. The van der Waals surface area contributed by atoms with Crippen molar-refractivity contribution in [2.24, 2.45) is 5.10 Å². The lowest BCUT2D eigenvalue weighted by Gasteiger charge is -2.20. The van der Waals surface area contributed by atoms with Gasteiger partial charge in [0.1, 0.15) is 0 Å². The molecule has 92 valence electrons. The van der Waals surface area contributed by atoms with Crippen LogP contribution >= 0.6 is 0 Å². The number of carboxylic acids is 2. The minimum Gasteiger partial charge on any atom is -0.480 e. The van der Waals surface area contributed by atoms with Gasteiger partial charge in [0.25, 0.3) is 0 Å². The number of hydrazine groups is 1. The quantitative estimate of drug-likeness (QED) is 0.378. The summed E-state index contributed by atoms with van der Waals surface area (Å²) >= 11 is 0. The van der Waals surface area contributed by atoms with Gasteiger partial charge in [0.05, 0.1) is 0 Å². The Labute approximate surface area is 93.1 Å². The molecule has 16 heavy (non-hydrogen) atoms. The normalized spacial score (nSPS) is 13.7. The molecule has 0 aromatic heterocycles. The summed E-state index contributed by atoms with van der Waals surface area (Å²) in [4.78, 5) is 21.8. The number of rotatable bonds is 6. The Morgan fingerprint density at radius 3 is 1.94 bits per heavy atom. The van der Waals surface area contributed by atoms with Crippen molar-refractivity contribution in [3.05, 3.63) is 0 Å². The fourth-order valence-corrected chi connectivity index (χ4v) is 0.931. The van der Waals surface area contributed by atoms with Crippen LogP contribution in [0.15, 0.2) is 5.10 Å². The molecule has 0 rings (SSSR count). The Balaban J connectivity index is 5.11. The number of hydrazone groups is 1. The molecule has 0 bridgehead atoms. The highest BCUT2D eigenvalue weighted by Crippen LogP contribution is 1.94. The molecule has 8 nitrogen and oxygen atoms in total. The molecule has 0 spiro atoms. The summed E-state index contributed by atoms with van der Waals surface area (Å²) in [5.74, 6) is -2.69. The number of carboxylic acid groups (broad SMARTS) is 2. The first-order chi connectivity index (χ1) is 7.25. The highest BCUT2D eigenvalue weighted by atomic mass is 16.4. The van der Waals surface area contributed by atoms with Crippen molar-refractivity contribution in [1.29, 1.82) is 0 Å². The van der Waals surface area contributed by atoms with Crippen molar-refractivity contribution < 1.29 is 19.8 Å². The van der Waals surface area contributed by atoms with E-state index in [4.69, 9.17) is 10.2 Å². The van der Waals surface area contributed by atoms with Crippen LogP contribution in [0.25, 0.3) is 0 Å². The van der Waals surface area contributed by atoms with E-state index in [1.807, 2.05) is 0 Å². The third-order valence-electron chi connectivity index (χ3n) is 1.43. The molecule has 0 aliphatic heterocycles. The van der Waals surface area contributed by atoms with E-state index in [-0.39, 0.29) is 0 Å². The smallest absolute Gasteiger partial charge is 0.354 e. The van der Waals surface area contributed by atoms with Gasteiger partial charge in [0.2, 0.25) is 0 Å². The molecule has 0 radical (unpaired) electrons. The number of nitrogens with one attached hydrogen (secondary N) is 1. The summed E-state index contributed by atoms with van der Waals surface area (Å²) in [5, 5.41) is 24.0. The SMILES string of the molecule is CN(C)N=C(C(=O)O)C(NN(C)C)C(=O)O. The van der Waals surface area contributed by atoms with Crippen LogP contribution in [0.4, 0.5) is 0 Å². The Hall–Kier alpha value is -1.67. The Bertz CT molecular complexity index is 300. The number of nitrogens with zero attached hydrogens (tertiary/aromatic N) is 3. The standard InChI is InChI=1S/C8H16N4O4/c1-11(2)9-5(7(13)14)6(8(15)16)10-12(3)4/h5,9H,1-4H3,(H,13,14)(H,15,16). The van der Waals surface area contributed by atoms with Crippen LogP contribution in [0.1, 0.15) is 0 Å². The van der Waals surface area contributed by atoms with E-state index in [0.717, 1.165) is 0 Å². The summed E-state index contributed by atoms with van der Waals surface area (Å²) < 4.78 is 0. The minimum absolute atomic E-state index is 0.480. The lowest BCUT2D eigenvalue weighted by Crippen LogP contribution is -2.52. The summed E-state index contributed by atoms with van der Waals surface area (Å²) in [6, 6.07) is -1.39. The summed E-state index contributed by atoms with van der Waals surface area (Å²) in [7, 11) is 6.14. The van der Waals surface area contributed by atoms with Gasteiger partial charge in [-0.2, -0.15) is 5.10 Å². The molecule has 8 heteroatoms. The molecule has 0 aliphatic rings. The van der Waals surface area contributed by atoms with Crippen LogP contribution in [-0.4, -0.2) is 72.1 Å². The molecular weight excluding hydrogens is 216 g/mol. The third-order valence-corrected chi connectivity index (χ3v) is 1.43. The van der Waals surface area contributed by atoms with Gasteiger partial charge in [-0.1, -0.05) is 0 Å². The first-order valence-corrected chi connectivity index (χ1v) is 4.41. The molecule has 0 heterocycles. The van der Waals surface area contributed by atoms with E-state index in [2.05, 4.69) is 10.5 Å². The lowest BCUT2D eigenvalue weighted by atomic mass is 10.2. The largest absolute Gasteiger partial charge is 0.480 e. The zero-order valence-corrected chi connectivity index (χ0v) is 9.63. The van der Waals surface area contributed by atoms with Gasteiger partial charge >= 0.3 is 11.9 Å². The zero-order valence-electron chi connectivity index (χ0n) is 9.63. The van der Waals surface area contributed by atoms with E-state index >= 15 is 0 Å². The highest BCUT2D eigenvalue weighted by Gasteiger charge is 2.30. The average Bonchev–Trinajstić information content (AvgIpc) is 2.09. The van der Waals surface area contributed by atoms with Crippen LogP contribution < -0.4 is 5.43 Å². The van der Waals surface area contributed by atoms with Gasteiger partial charge in [-0.15, -0.1) is 0 Å². The molecule has 0 aromatic carbocycles. The Morgan fingerprint density at radius 2 is 1.69 bits per heavy atom. The van der Waals surface area contributed by atoms with Gasteiger partial charge in [0, 0.05) is 28.2 Å². The number of aliphatic carboxylic acids is 2. The van der Waals surface area contributed by atoms with Crippen molar-refractivity contribution in [3.8, 4) is 0 Å². The predicted molar refractivity (Wildman–Crippen MR) is 57.0 cm³/mol. The maximum atomic E-state index is 10.9. The van der Waals surface area contributed by atoms with E-state index < -0.39 is 23.7 Å². The van der Waals surface area contributed by atoms with Crippen molar-refractivity contribution in [3.63, 3.8) is 0 Å². The second-order valence-electron chi connectivity index (χ2n) is 3.43. The summed E-state index contributed by atoms with van der Waals surface area (Å²) in [6.45, 7) is 0. The van der Waals surface area contributed by atoms with E-state index in [1.54, 1.807) is 14.1 Å². The van der Waals surface area contributed by atoms with Gasteiger partial charge in [0.15, 0.2) is 11.8 Å². The molecular formula is C8H16N4O4. The van der Waals surface area contributed by atoms with Crippen molar-refractivity contribution in [2.75, 3.05) is 28.2 Å². The molecule has 0 amide bonds. The molecule has 0 aliphatic carbocycles. The Kier molecular flexibility index (Phi) is 5.40. The molecule has 3 N–H and O–H groups in total. The van der Waals surface area contributed by atoms with E-state index in [0.29, 0.717) is 0 Å². The van der Waals surface area contributed by atoms with Crippen LogP contribution in [0.5, 0.6) is 0 Å². The topological polar surface area (TPSA) is 105 Å². The van der Waals surface area contributed by atoms with E-state index in [9.17, 15) is 9.59 Å². The molecule has 0 fully saturated rings.